The molecule has 35 heavy (non-hydrogen) atoms. The van der Waals surface area contributed by atoms with E-state index in [9.17, 15) is 9.59 Å². The number of aryl methyl sites for hydroxylation is 2. The van der Waals surface area contributed by atoms with E-state index in [0.717, 1.165) is 37.1 Å². The highest BCUT2D eigenvalue weighted by atomic mass is 16.6. The molecule has 2 atom stereocenters. The number of aromatic carboxylic acids is 1. The summed E-state index contributed by atoms with van der Waals surface area (Å²) >= 11 is 0. The first kappa shape index (κ1) is 24.5. The number of benzene rings is 2. The van der Waals surface area contributed by atoms with E-state index in [1.807, 2.05) is 66.8 Å². The van der Waals surface area contributed by atoms with E-state index in [-0.39, 0.29) is 12.1 Å². The third-order valence-corrected chi connectivity index (χ3v) is 6.11. The standard InChI is InChI=1S/C28H33N3O4/c1-28(2,3)35-27(34)31(25-16-24(25)21-9-5-4-6-10-21)18-23-17-30(19-29-23)15-7-8-20-11-13-22(14-12-20)26(32)33/h4-6,9-14,17,19,24-25H,7-8,15-16,18H2,1-3H3,(H,32,33). The Hall–Kier alpha value is -3.61. The van der Waals surface area contributed by atoms with Crippen molar-refractivity contribution in [3.8, 4) is 0 Å². The first-order chi connectivity index (χ1) is 16.7. The minimum Gasteiger partial charge on any atom is -0.478 e. The van der Waals surface area contributed by atoms with Gasteiger partial charge >= 0.3 is 12.1 Å². The van der Waals surface area contributed by atoms with Gasteiger partial charge in [-0.05, 0) is 63.3 Å². The van der Waals surface area contributed by atoms with Gasteiger partial charge in [0.05, 0.1) is 24.1 Å². The van der Waals surface area contributed by atoms with Crippen molar-refractivity contribution in [1.29, 1.82) is 0 Å². The summed E-state index contributed by atoms with van der Waals surface area (Å²) in [6.07, 6.45) is 6.16. The highest BCUT2D eigenvalue weighted by Gasteiger charge is 2.46. The van der Waals surface area contributed by atoms with Crippen molar-refractivity contribution in [3.63, 3.8) is 0 Å². The molecule has 1 saturated carbocycles. The Bertz CT molecular complexity index is 1150. The summed E-state index contributed by atoms with van der Waals surface area (Å²) in [6, 6.07) is 17.4. The van der Waals surface area contributed by atoms with Gasteiger partial charge in [-0.3, -0.25) is 4.90 Å². The van der Waals surface area contributed by atoms with Gasteiger partial charge in [0.1, 0.15) is 5.60 Å². The fraction of sp³-hybridized carbons (Fsp3) is 0.393. The molecule has 4 rings (SSSR count). The number of carboxylic acids is 1. The van der Waals surface area contributed by atoms with E-state index in [4.69, 9.17) is 9.84 Å². The Kier molecular flexibility index (Phi) is 7.24. The van der Waals surface area contributed by atoms with Gasteiger partial charge in [-0.1, -0.05) is 42.5 Å². The van der Waals surface area contributed by atoms with Gasteiger partial charge in [-0.2, -0.15) is 0 Å². The Morgan fingerprint density at radius 3 is 2.49 bits per heavy atom. The second-order valence-corrected chi connectivity index (χ2v) is 10.1. The van der Waals surface area contributed by atoms with Crippen LogP contribution < -0.4 is 0 Å². The number of hydrogen-bond acceptors (Lipinski definition) is 4. The zero-order valence-electron chi connectivity index (χ0n) is 20.6. The number of ether oxygens (including phenoxy) is 1. The van der Waals surface area contributed by atoms with Crippen LogP contribution in [0, 0.1) is 0 Å². The van der Waals surface area contributed by atoms with Crippen molar-refractivity contribution in [1.82, 2.24) is 14.5 Å². The van der Waals surface area contributed by atoms with E-state index >= 15 is 0 Å². The number of carbonyl (C=O) groups excluding carboxylic acids is 1. The van der Waals surface area contributed by atoms with Gasteiger partial charge in [0.15, 0.2) is 0 Å². The van der Waals surface area contributed by atoms with Gasteiger partial charge < -0.3 is 14.4 Å². The molecule has 1 aliphatic carbocycles. The zero-order valence-corrected chi connectivity index (χ0v) is 20.6. The lowest BCUT2D eigenvalue weighted by molar-refractivity contribution is 0.0210. The summed E-state index contributed by atoms with van der Waals surface area (Å²) < 4.78 is 7.75. The van der Waals surface area contributed by atoms with Crippen molar-refractivity contribution in [2.24, 2.45) is 0 Å². The molecule has 3 aromatic rings. The summed E-state index contributed by atoms with van der Waals surface area (Å²) in [6.45, 7) is 6.85. The molecule has 0 aliphatic heterocycles. The molecule has 7 nitrogen and oxygen atoms in total. The molecule has 184 valence electrons. The van der Waals surface area contributed by atoms with Crippen LogP contribution in [0.4, 0.5) is 4.79 Å². The van der Waals surface area contributed by atoms with Crippen LogP contribution >= 0.6 is 0 Å². The Balaban J connectivity index is 1.36. The fourth-order valence-electron chi connectivity index (χ4n) is 4.29. The number of nitrogens with zero attached hydrogens (tertiary/aromatic N) is 3. The average Bonchev–Trinajstić information content (AvgIpc) is 3.48. The van der Waals surface area contributed by atoms with Crippen LogP contribution in [-0.4, -0.2) is 43.3 Å². The number of imidazole rings is 1. The average molecular weight is 476 g/mol. The molecule has 2 unspecified atom stereocenters. The Morgan fingerprint density at radius 1 is 1.11 bits per heavy atom. The SMILES string of the molecule is CC(C)(C)OC(=O)N(Cc1cn(CCCc2ccc(C(=O)O)cc2)cn1)C1CC1c1ccccc1. The van der Waals surface area contributed by atoms with Gasteiger partial charge in [0.25, 0.3) is 0 Å². The van der Waals surface area contributed by atoms with E-state index in [1.54, 1.807) is 18.5 Å². The smallest absolute Gasteiger partial charge is 0.410 e. The van der Waals surface area contributed by atoms with Crippen LogP contribution in [0.25, 0.3) is 0 Å². The number of carbonyl (C=O) groups is 2. The molecule has 1 N–H and O–H groups in total. The second kappa shape index (κ2) is 10.3. The summed E-state index contributed by atoms with van der Waals surface area (Å²) in [4.78, 5) is 30.4. The van der Waals surface area contributed by atoms with E-state index in [0.29, 0.717) is 18.0 Å². The zero-order chi connectivity index (χ0) is 25.0. The number of amides is 1. The maximum atomic E-state index is 13.1. The van der Waals surface area contributed by atoms with Crippen molar-refractivity contribution in [2.75, 3.05) is 0 Å². The molecular formula is C28H33N3O4. The molecule has 1 aromatic heterocycles. The molecule has 1 aliphatic rings. The first-order valence-corrected chi connectivity index (χ1v) is 12.1. The van der Waals surface area contributed by atoms with Crippen LogP contribution in [0.15, 0.2) is 67.1 Å². The molecule has 1 heterocycles. The molecule has 1 amide bonds. The molecule has 0 spiro atoms. The van der Waals surface area contributed by atoms with Gasteiger partial charge in [-0.15, -0.1) is 0 Å². The quantitative estimate of drug-likeness (QED) is 0.441. The molecule has 2 aromatic carbocycles. The Labute approximate surface area is 206 Å². The summed E-state index contributed by atoms with van der Waals surface area (Å²) in [7, 11) is 0. The molecule has 1 fully saturated rings. The predicted molar refractivity (Wildman–Crippen MR) is 133 cm³/mol. The number of rotatable bonds is 9. The third-order valence-electron chi connectivity index (χ3n) is 6.11. The fourth-order valence-corrected chi connectivity index (χ4v) is 4.29. The predicted octanol–water partition coefficient (Wildman–Crippen LogP) is 5.51. The molecule has 7 heteroatoms. The number of aromatic nitrogens is 2. The summed E-state index contributed by atoms with van der Waals surface area (Å²) in [5.74, 6) is -0.595. The highest BCUT2D eigenvalue weighted by Crippen LogP contribution is 2.45. The van der Waals surface area contributed by atoms with E-state index < -0.39 is 11.6 Å². The largest absolute Gasteiger partial charge is 0.478 e. The van der Waals surface area contributed by atoms with Crippen molar-refractivity contribution in [2.45, 2.75) is 70.7 Å². The monoisotopic (exact) mass is 475 g/mol. The van der Waals surface area contributed by atoms with Crippen molar-refractivity contribution in [3.05, 3.63) is 89.5 Å². The number of hydrogen-bond donors (Lipinski definition) is 1. The molecule has 0 bridgehead atoms. The highest BCUT2D eigenvalue weighted by molar-refractivity contribution is 5.87. The second-order valence-electron chi connectivity index (χ2n) is 10.1. The van der Waals surface area contributed by atoms with E-state index in [2.05, 4.69) is 17.1 Å². The Morgan fingerprint density at radius 2 is 1.83 bits per heavy atom. The normalized spacial score (nSPS) is 17.1. The van der Waals surface area contributed by atoms with Crippen LogP contribution in [0.3, 0.4) is 0 Å². The summed E-state index contributed by atoms with van der Waals surface area (Å²) in [5.41, 5.74) is 2.92. The van der Waals surface area contributed by atoms with Crippen LogP contribution in [-0.2, 0) is 24.2 Å². The maximum absolute atomic E-state index is 13.1. The van der Waals surface area contributed by atoms with E-state index in [1.165, 1.54) is 5.56 Å². The van der Waals surface area contributed by atoms with Crippen molar-refractivity contribution < 1.29 is 19.4 Å². The maximum Gasteiger partial charge on any atom is 0.410 e. The third kappa shape index (κ3) is 6.72. The topological polar surface area (TPSA) is 84.7 Å². The first-order valence-electron chi connectivity index (χ1n) is 12.1. The van der Waals surface area contributed by atoms with Gasteiger partial charge in [0, 0.05) is 24.7 Å². The molecular weight excluding hydrogens is 442 g/mol. The van der Waals surface area contributed by atoms with Crippen LogP contribution in [0.5, 0.6) is 0 Å². The van der Waals surface area contributed by atoms with Crippen molar-refractivity contribution >= 4 is 12.1 Å². The summed E-state index contributed by atoms with van der Waals surface area (Å²) in [5, 5.41) is 9.02. The van der Waals surface area contributed by atoms with Gasteiger partial charge in [-0.25, -0.2) is 14.6 Å². The lowest BCUT2D eigenvalue weighted by atomic mass is 10.1. The van der Waals surface area contributed by atoms with Gasteiger partial charge in [0.2, 0.25) is 0 Å². The van der Waals surface area contributed by atoms with Crippen LogP contribution in [0.2, 0.25) is 0 Å². The lowest BCUT2D eigenvalue weighted by Gasteiger charge is -2.27. The molecule has 0 saturated heterocycles. The minimum atomic E-state index is -0.913. The minimum absolute atomic E-state index is 0.103. The van der Waals surface area contributed by atoms with Crippen LogP contribution in [0.1, 0.15) is 66.7 Å². The lowest BCUT2D eigenvalue weighted by Crippen LogP contribution is -2.38. The number of carboxylic acid groups (broad SMARTS) is 1. The molecule has 0 radical (unpaired) electrons.